The highest BCUT2D eigenvalue weighted by atomic mass is 16.5. The summed E-state index contributed by atoms with van der Waals surface area (Å²) in [5.41, 5.74) is 0.809. The predicted molar refractivity (Wildman–Crippen MR) is 68.6 cm³/mol. The Hall–Kier alpha value is -1.06. The molecule has 0 aromatic heterocycles. The molecule has 18 heavy (non-hydrogen) atoms. The molecule has 2 aliphatic heterocycles. The van der Waals surface area contributed by atoms with Crippen LogP contribution in [-0.4, -0.2) is 34.7 Å². The molecule has 1 saturated carbocycles. The summed E-state index contributed by atoms with van der Waals surface area (Å²) in [7, 11) is 0. The molecule has 3 nitrogen and oxygen atoms in total. The van der Waals surface area contributed by atoms with E-state index in [1.54, 1.807) is 0 Å². The molecule has 1 aromatic carbocycles. The van der Waals surface area contributed by atoms with Crippen LogP contribution in [0.15, 0.2) is 24.3 Å². The van der Waals surface area contributed by atoms with Crippen LogP contribution < -0.4 is 4.74 Å². The number of aliphatic hydroxyl groups is 1. The Morgan fingerprint density at radius 2 is 2.11 bits per heavy atom. The van der Waals surface area contributed by atoms with E-state index in [4.69, 9.17) is 4.74 Å². The van der Waals surface area contributed by atoms with Gasteiger partial charge in [-0.3, -0.25) is 4.90 Å². The topological polar surface area (TPSA) is 32.7 Å². The van der Waals surface area contributed by atoms with E-state index in [0.29, 0.717) is 0 Å². The van der Waals surface area contributed by atoms with Crippen molar-refractivity contribution in [1.29, 1.82) is 0 Å². The maximum Gasteiger partial charge on any atom is 0.126 e. The van der Waals surface area contributed by atoms with Crippen LogP contribution in [-0.2, 0) is 0 Å². The quantitative estimate of drug-likeness (QED) is 0.822. The lowest BCUT2D eigenvalue weighted by atomic mass is 9.88. The second-order valence-electron chi connectivity index (χ2n) is 5.99. The Morgan fingerprint density at radius 3 is 2.94 bits per heavy atom. The summed E-state index contributed by atoms with van der Waals surface area (Å²) >= 11 is 0. The van der Waals surface area contributed by atoms with Crippen LogP contribution in [0.4, 0.5) is 0 Å². The van der Waals surface area contributed by atoms with Gasteiger partial charge >= 0.3 is 0 Å². The summed E-state index contributed by atoms with van der Waals surface area (Å²) in [6.45, 7) is 2.11. The summed E-state index contributed by atoms with van der Waals surface area (Å²) < 4.78 is 6.26. The molecule has 3 aliphatic rings. The number of aliphatic hydroxyl groups excluding tert-OH is 1. The van der Waals surface area contributed by atoms with Gasteiger partial charge in [0, 0.05) is 37.5 Å². The van der Waals surface area contributed by atoms with Crippen LogP contribution in [0.5, 0.6) is 5.75 Å². The van der Waals surface area contributed by atoms with Gasteiger partial charge in [0.15, 0.2) is 0 Å². The zero-order valence-electron chi connectivity index (χ0n) is 10.5. The Kier molecular flexibility index (Phi) is 2.24. The molecular formula is C15H19NO2. The van der Waals surface area contributed by atoms with Crippen molar-refractivity contribution < 1.29 is 9.84 Å². The minimum absolute atomic E-state index is 0.143. The van der Waals surface area contributed by atoms with Gasteiger partial charge in [-0.2, -0.15) is 0 Å². The second-order valence-corrected chi connectivity index (χ2v) is 5.99. The molecule has 0 radical (unpaired) electrons. The highest BCUT2D eigenvalue weighted by Gasteiger charge is 2.48. The fraction of sp³-hybridized carbons (Fsp3) is 0.600. The molecule has 3 heteroatoms. The van der Waals surface area contributed by atoms with Gasteiger partial charge in [0.2, 0.25) is 0 Å². The average molecular weight is 245 g/mol. The van der Waals surface area contributed by atoms with Crippen LogP contribution in [0.25, 0.3) is 0 Å². The fourth-order valence-corrected chi connectivity index (χ4v) is 3.46. The van der Waals surface area contributed by atoms with Crippen LogP contribution in [0.3, 0.4) is 0 Å². The number of para-hydroxylation sites is 1. The predicted octanol–water partition coefficient (Wildman–Crippen LogP) is 2.11. The summed E-state index contributed by atoms with van der Waals surface area (Å²) in [5.74, 6) is 0.883. The minimum atomic E-state index is -0.367. The third-order valence-corrected chi connectivity index (χ3v) is 4.58. The molecule has 1 unspecified atom stereocenters. The zero-order chi connectivity index (χ0) is 12.2. The molecule has 1 spiro atoms. The van der Waals surface area contributed by atoms with Gasteiger partial charge in [-0.05, 0) is 18.9 Å². The number of benzene rings is 1. The molecule has 0 bridgehead atoms. The van der Waals surface area contributed by atoms with Crippen LogP contribution in [0, 0.1) is 0 Å². The minimum Gasteiger partial charge on any atom is -0.485 e. The van der Waals surface area contributed by atoms with E-state index in [1.165, 1.54) is 12.8 Å². The molecule has 96 valence electrons. The smallest absolute Gasteiger partial charge is 0.126 e. The maximum atomic E-state index is 10.3. The molecule has 2 heterocycles. The van der Waals surface area contributed by atoms with E-state index in [2.05, 4.69) is 4.90 Å². The van der Waals surface area contributed by atoms with Crippen molar-refractivity contribution >= 4 is 0 Å². The van der Waals surface area contributed by atoms with Crippen LogP contribution in [0.2, 0.25) is 0 Å². The summed E-state index contributed by atoms with van der Waals surface area (Å²) in [6.07, 6.45) is 4.11. The molecule has 1 aliphatic carbocycles. The first-order chi connectivity index (χ1) is 8.76. The SMILES string of the molecule is O[C@H]1CC2(CCN(C3CC3)C2)Oc2ccccc21. The first kappa shape index (κ1) is 10.8. The lowest BCUT2D eigenvalue weighted by Gasteiger charge is -2.38. The molecule has 2 fully saturated rings. The van der Waals surface area contributed by atoms with Crippen molar-refractivity contribution in [3.8, 4) is 5.75 Å². The van der Waals surface area contributed by atoms with Crippen molar-refractivity contribution in [3.05, 3.63) is 29.8 Å². The average Bonchev–Trinajstić information content (AvgIpc) is 3.14. The Balaban J connectivity index is 1.61. The number of nitrogens with zero attached hydrogens (tertiary/aromatic N) is 1. The van der Waals surface area contributed by atoms with E-state index in [0.717, 1.165) is 43.3 Å². The van der Waals surface area contributed by atoms with E-state index in [-0.39, 0.29) is 11.7 Å². The van der Waals surface area contributed by atoms with Gasteiger partial charge in [0.05, 0.1) is 6.10 Å². The first-order valence-corrected chi connectivity index (χ1v) is 6.96. The molecule has 2 atom stereocenters. The molecule has 0 amide bonds. The third kappa shape index (κ3) is 1.65. The lowest BCUT2D eigenvalue weighted by molar-refractivity contribution is -0.00761. The van der Waals surface area contributed by atoms with Crippen molar-refractivity contribution in [1.82, 2.24) is 4.90 Å². The number of hydrogen-bond acceptors (Lipinski definition) is 3. The van der Waals surface area contributed by atoms with Gasteiger partial charge in [-0.25, -0.2) is 0 Å². The van der Waals surface area contributed by atoms with Crippen molar-refractivity contribution in [2.45, 2.75) is 43.4 Å². The van der Waals surface area contributed by atoms with Crippen LogP contribution >= 0.6 is 0 Å². The molecular weight excluding hydrogens is 226 g/mol. The van der Waals surface area contributed by atoms with E-state index < -0.39 is 0 Å². The second kappa shape index (κ2) is 3.72. The van der Waals surface area contributed by atoms with E-state index >= 15 is 0 Å². The zero-order valence-corrected chi connectivity index (χ0v) is 10.5. The van der Waals surface area contributed by atoms with Gasteiger partial charge in [0.1, 0.15) is 11.4 Å². The first-order valence-electron chi connectivity index (χ1n) is 6.96. The fourth-order valence-electron chi connectivity index (χ4n) is 3.46. The molecule has 1 saturated heterocycles. The number of ether oxygens (including phenoxy) is 1. The van der Waals surface area contributed by atoms with Crippen LogP contribution in [0.1, 0.15) is 37.4 Å². The number of fused-ring (bicyclic) bond motifs is 1. The van der Waals surface area contributed by atoms with E-state index in [9.17, 15) is 5.11 Å². The summed E-state index contributed by atoms with van der Waals surface area (Å²) in [4.78, 5) is 2.54. The van der Waals surface area contributed by atoms with Gasteiger partial charge in [-0.15, -0.1) is 0 Å². The number of rotatable bonds is 1. The summed E-state index contributed by atoms with van der Waals surface area (Å²) in [5, 5.41) is 10.3. The highest BCUT2D eigenvalue weighted by Crippen LogP contribution is 2.45. The van der Waals surface area contributed by atoms with Crippen molar-refractivity contribution in [3.63, 3.8) is 0 Å². The van der Waals surface area contributed by atoms with E-state index in [1.807, 2.05) is 24.3 Å². The van der Waals surface area contributed by atoms with Gasteiger partial charge < -0.3 is 9.84 Å². The summed E-state index contributed by atoms with van der Waals surface area (Å²) in [6, 6.07) is 8.70. The lowest BCUT2D eigenvalue weighted by Crippen LogP contribution is -2.43. The molecule has 4 rings (SSSR count). The largest absolute Gasteiger partial charge is 0.485 e. The normalized spacial score (nSPS) is 35.5. The number of hydrogen-bond donors (Lipinski definition) is 1. The highest BCUT2D eigenvalue weighted by molar-refractivity contribution is 5.38. The Bertz CT molecular complexity index is 471. The van der Waals surface area contributed by atoms with Gasteiger partial charge in [0.25, 0.3) is 0 Å². The standard InChI is InChI=1S/C15H19NO2/c17-13-9-15(7-8-16(10-15)11-5-6-11)18-14-4-2-1-3-12(13)14/h1-4,11,13,17H,5-10H2/t13-,15?/m0/s1. The van der Waals surface area contributed by atoms with Gasteiger partial charge in [-0.1, -0.05) is 18.2 Å². The monoisotopic (exact) mass is 245 g/mol. The maximum absolute atomic E-state index is 10.3. The Morgan fingerprint density at radius 1 is 1.28 bits per heavy atom. The number of likely N-dealkylation sites (tertiary alicyclic amines) is 1. The Labute approximate surface area is 107 Å². The molecule has 1 aromatic rings. The third-order valence-electron chi connectivity index (χ3n) is 4.58. The van der Waals surface area contributed by atoms with Crippen molar-refractivity contribution in [2.75, 3.05) is 13.1 Å². The molecule has 1 N–H and O–H groups in total. The van der Waals surface area contributed by atoms with Crippen molar-refractivity contribution in [2.24, 2.45) is 0 Å².